The van der Waals surface area contributed by atoms with Crippen LogP contribution in [0.3, 0.4) is 0 Å². The van der Waals surface area contributed by atoms with Crippen molar-refractivity contribution in [3.8, 4) is 22.6 Å². The molecule has 0 spiro atoms. The lowest BCUT2D eigenvalue weighted by molar-refractivity contribution is 0.0468. The van der Waals surface area contributed by atoms with Crippen LogP contribution in [-0.2, 0) is 16.1 Å². The third-order valence-corrected chi connectivity index (χ3v) is 12.7. The summed E-state index contributed by atoms with van der Waals surface area (Å²) < 4.78 is 23.3. The highest BCUT2D eigenvalue weighted by atomic mass is 16.5. The number of hydrogen-bond acceptors (Lipinski definition) is 6. The first-order chi connectivity index (χ1) is 31.5. The van der Waals surface area contributed by atoms with E-state index < -0.39 is 5.97 Å². The minimum absolute atomic E-state index is 0.107. The molecule has 3 aromatic rings. The Balaban J connectivity index is 1.38. The highest BCUT2D eigenvalue weighted by Crippen LogP contribution is 2.28. The lowest BCUT2D eigenvalue weighted by Gasteiger charge is -2.15. The van der Waals surface area contributed by atoms with E-state index in [-0.39, 0.29) is 12.6 Å². The van der Waals surface area contributed by atoms with Crippen molar-refractivity contribution in [3.63, 3.8) is 0 Å². The molecule has 0 radical (unpaired) electrons. The molecule has 0 unspecified atom stereocenters. The summed E-state index contributed by atoms with van der Waals surface area (Å²) in [5, 5.41) is 0. The molecular weight excluding hydrogens is 793 g/mol. The third-order valence-electron chi connectivity index (χ3n) is 12.7. The topological polar surface area (TPSA) is 71.1 Å². The molecule has 6 heteroatoms. The maximum absolute atomic E-state index is 13.2. The van der Waals surface area contributed by atoms with Gasteiger partial charge in [-0.3, -0.25) is 0 Å². The van der Waals surface area contributed by atoms with Crippen molar-refractivity contribution in [1.82, 2.24) is 0 Å². The zero-order valence-corrected chi connectivity index (χ0v) is 41.0. The standard InChI is InChI=1S/C58H90O6/c1-4-6-8-10-12-14-16-18-20-22-24-26-28-30-32-34-45-62-55-44-43-54(49-64-58(60)51-41-39-50(40-42-51)52-37-36-38-53(47-52)57(59)61-3)56(48-55)63-46-35-33-31-29-27-25-23-21-19-17-15-13-11-9-7-5-2/h36-44,47-48H,4-35,45-46,49H2,1-3H3. The molecule has 0 aliphatic rings. The molecule has 0 aliphatic heterocycles. The minimum atomic E-state index is -0.401. The second-order valence-corrected chi connectivity index (χ2v) is 18.3. The van der Waals surface area contributed by atoms with E-state index in [0.29, 0.717) is 24.3 Å². The Hall–Kier alpha value is -3.80. The molecule has 0 N–H and O–H groups in total. The number of benzene rings is 3. The van der Waals surface area contributed by atoms with Gasteiger partial charge in [0.15, 0.2) is 0 Å². The number of unbranched alkanes of at least 4 members (excludes halogenated alkanes) is 30. The summed E-state index contributed by atoms with van der Waals surface area (Å²) in [6.07, 6.45) is 43.0. The van der Waals surface area contributed by atoms with Crippen LogP contribution in [0.1, 0.15) is 246 Å². The highest BCUT2D eigenvalue weighted by Gasteiger charge is 2.13. The molecule has 0 fully saturated rings. The second kappa shape index (κ2) is 37.4. The van der Waals surface area contributed by atoms with Crippen molar-refractivity contribution >= 4 is 11.9 Å². The maximum Gasteiger partial charge on any atom is 0.338 e. The lowest BCUT2D eigenvalue weighted by atomic mass is 10.0. The molecule has 0 bridgehead atoms. The number of methoxy groups -OCH3 is 1. The van der Waals surface area contributed by atoms with Gasteiger partial charge in [-0.2, -0.15) is 0 Å². The largest absolute Gasteiger partial charge is 0.493 e. The molecular formula is C58H90O6. The highest BCUT2D eigenvalue weighted by molar-refractivity contribution is 5.92. The first-order valence-electron chi connectivity index (χ1n) is 26.4. The number of carbonyl (C=O) groups excluding carboxylic acids is 2. The Bertz CT molecular complexity index is 1600. The van der Waals surface area contributed by atoms with Crippen LogP contribution in [0.15, 0.2) is 66.7 Å². The summed E-state index contributed by atoms with van der Waals surface area (Å²) in [5.41, 5.74) is 3.53. The molecule has 6 nitrogen and oxygen atoms in total. The van der Waals surface area contributed by atoms with Crippen molar-refractivity contribution in [2.75, 3.05) is 20.3 Å². The van der Waals surface area contributed by atoms with Gasteiger partial charge in [-0.1, -0.05) is 231 Å². The van der Waals surface area contributed by atoms with Crippen molar-refractivity contribution in [2.45, 2.75) is 226 Å². The van der Waals surface area contributed by atoms with Crippen molar-refractivity contribution in [2.24, 2.45) is 0 Å². The van der Waals surface area contributed by atoms with E-state index in [4.69, 9.17) is 18.9 Å². The van der Waals surface area contributed by atoms with Crippen molar-refractivity contribution < 1.29 is 28.5 Å². The minimum Gasteiger partial charge on any atom is -0.493 e. The second-order valence-electron chi connectivity index (χ2n) is 18.3. The molecule has 3 aromatic carbocycles. The van der Waals surface area contributed by atoms with E-state index in [1.807, 2.05) is 42.5 Å². The molecule has 0 atom stereocenters. The molecule has 0 aromatic heterocycles. The third kappa shape index (κ3) is 25.6. The molecule has 0 amide bonds. The first kappa shape index (κ1) is 54.5. The number of esters is 2. The van der Waals surface area contributed by atoms with Crippen LogP contribution in [0.25, 0.3) is 11.1 Å². The van der Waals surface area contributed by atoms with E-state index >= 15 is 0 Å². The fourth-order valence-electron chi connectivity index (χ4n) is 8.52. The Morgan fingerprint density at radius 2 is 0.844 bits per heavy atom. The van der Waals surface area contributed by atoms with Crippen LogP contribution >= 0.6 is 0 Å². The molecule has 3 rings (SSSR count). The summed E-state index contributed by atoms with van der Waals surface area (Å²) in [4.78, 5) is 25.2. The Kier molecular flexibility index (Phi) is 31.9. The Morgan fingerprint density at radius 3 is 1.30 bits per heavy atom. The van der Waals surface area contributed by atoms with Gasteiger partial charge in [0.05, 0.1) is 31.5 Å². The quantitative estimate of drug-likeness (QED) is 0.0418. The summed E-state index contributed by atoms with van der Waals surface area (Å²) in [6.45, 7) is 6.00. The Labute approximate surface area is 391 Å². The fraction of sp³-hybridized carbons (Fsp3) is 0.655. The normalized spacial score (nSPS) is 11.2. The van der Waals surface area contributed by atoms with Crippen molar-refractivity contribution in [1.29, 1.82) is 0 Å². The van der Waals surface area contributed by atoms with Gasteiger partial charge in [-0.15, -0.1) is 0 Å². The summed E-state index contributed by atoms with van der Waals surface area (Å²) >= 11 is 0. The molecule has 0 saturated carbocycles. The smallest absolute Gasteiger partial charge is 0.338 e. The molecule has 0 heterocycles. The van der Waals surface area contributed by atoms with Gasteiger partial charge in [0, 0.05) is 11.6 Å². The van der Waals surface area contributed by atoms with Crippen LogP contribution < -0.4 is 9.47 Å². The number of hydrogen-bond donors (Lipinski definition) is 0. The predicted octanol–water partition coefficient (Wildman–Crippen LogP) is 17.8. The molecule has 0 aliphatic carbocycles. The SMILES string of the molecule is CCCCCCCCCCCCCCCCCCOc1ccc(COC(=O)c2ccc(-c3cccc(C(=O)OC)c3)cc2)c(OCCCCCCCCCCCCCCCCCC)c1. The van der Waals surface area contributed by atoms with E-state index in [0.717, 1.165) is 47.5 Å². The van der Waals surface area contributed by atoms with E-state index in [9.17, 15) is 9.59 Å². The zero-order chi connectivity index (χ0) is 45.6. The summed E-state index contributed by atoms with van der Waals surface area (Å²) in [7, 11) is 1.37. The van der Waals surface area contributed by atoms with Gasteiger partial charge in [-0.05, 0) is 60.4 Å². The van der Waals surface area contributed by atoms with Gasteiger partial charge >= 0.3 is 11.9 Å². The predicted molar refractivity (Wildman–Crippen MR) is 269 cm³/mol. The number of ether oxygens (including phenoxy) is 4. The van der Waals surface area contributed by atoms with Crippen LogP contribution in [0.2, 0.25) is 0 Å². The van der Waals surface area contributed by atoms with E-state index in [2.05, 4.69) is 13.8 Å². The molecule has 64 heavy (non-hydrogen) atoms. The first-order valence-corrected chi connectivity index (χ1v) is 26.4. The van der Waals surface area contributed by atoms with Crippen LogP contribution in [0, 0.1) is 0 Å². The van der Waals surface area contributed by atoms with Gasteiger partial charge < -0.3 is 18.9 Å². The van der Waals surface area contributed by atoms with Crippen molar-refractivity contribution in [3.05, 3.63) is 83.4 Å². The van der Waals surface area contributed by atoms with E-state index in [1.165, 1.54) is 193 Å². The zero-order valence-electron chi connectivity index (χ0n) is 41.0. The molecule has 0 saturated heterocycles. The Morgan fingerprint density at radius 1 is 0.406 bits per heavy atom. The summed E-state index contributed by atoms with van der Waals surface area (Å²) in [5.74, 6) is 0.733. The van der Waals surface area contributed by atoms with Crippen LogP contribution in [0.4, 0.5) is 0 Å². The maximum atomic E-state index is 13.2. The molecule has 358 valence electrons. The van der Waals surface area contributed by atoms with Gasteiger partial charge in [0.2, 0.25) is 0 Å². The fourth-order valence-corrected chi connectivity index (χ4v) is 8.52. The average molecular weight is 883 g/mol. The lowest BCUT2D eigenvalue weighted by Crippen LogP contribution is -2.08. The van der Waals surface area contributed by atoms with Gasteiger partial charge in [0.25, 0.3) is 0 Å². The van der Waals surface area contributed by atoms with Crippen LogP contribution in [0.5, 0.6) is 11.5 Å². The average Bonchev–Trinajstić information content (AvgIpc) is 3.32. The number of rotatable bonds is 41. The van der Waals surface area contributed by atoms with Gasteiger partial charge in [-0.25, -0.2) is 9.59 Å². The number of carbonyl (C=O) groups is 2. The van der Waals surface area contributed by atoms with Gasteiger partial charge in [0.1, 0.15) is 18.1 Å². The summed E-state index contributed by atoms with van der Waals surface area (Å²) in [6, 6.07) is 20.4. The van der Waals surface area contributed by atoms with Crippen LogP contribution in [-0.4, -0.2) is 32.3 Å². The monoisotopic (exact) mass is 883 g/mol. The van der Waals surface area contributed by atoms with E-state index in [1.54, 1.807) is 24.3 Å².